The summed E-state index contributed by atoms with van der Waals surface area (Å²) in [5.74, 6) is 1.59. The van der Waals surface area contributed by atoms with Gasteiger partial charge in [-0.3, -0.25) is 4.79 Å². The second-order valence-corrected chi connectivity index (χ2v) is 11.5. The maximum Gasteiger partial charge on any atom is 0.253 e. The highest BCUT2D eigenvalue weighted by molar-refractivity contribution is 5.94. The number of benzene rings is 1. The molecule has 9 nitrogen and oxygen atoms in total. The van der Waals surface area contributed by atoms with Crippen molar-refractivity contribution in [1.29, 1.82) is 0 Å². The number of rotatable bonds is 6. The minimum Gasteiger partial charge on any atom is -0.365 e. The fraction of sp³-hybridized carbons (Fsp3) is 0.586. The number of amides is 1. The molecule has 3 aromatic rings. The summed E-state index contributed by atoms with van der Waals surface area (Å²) in [5, 5.41) is 7.31. The summed E-state index contributed by atoms with van der Waals surface area (Å²) in [6, 6.07) is 9.20. The molecule has 4 N–H and O–H groups in total. The number of carbonyl (C=O) groups is 1. The summed E-state index contributed by atoms with van der Waals surface area (Å²) >= 11 is 0. The molecule has 3 heterocycles. The Labute approximate surface area is 224 Å². The Morgan fingerprint density at radius 2 is 1.68 bits per heavy atom. The van der Waals surface area contributed by atoms with Crippen molar-refractivity contribution >= 4 is 28.8 Å². The Hall–Kier alpha value is -3.20. The van der Waals surface area contributed by atoms with Crippen molar-refractivity contribution in [1.82, 2.24) is 24.4 Å². The van der Waals surface area contributed by atoms with Crippen LogP contribution in [0.3, 0.4) is 0 Å². The molecule has 3 aliphatic rings. The number of piperidine rings is 1. The van der Waals surface area contributed by atoms with E-state index in [0.717, 1.165) is 79.7 Å². The number of carbonyl (C=O) groups excluding carboxylic acids is 1. The molecular weight excluding hydrogens is 476 g/mol. The number of fused-ring (bicyclic) bond motifs is 1. The van der Waals surface area contributed by atoms with Crippen LogP contribution in [0.2, 0.25) is 0 Å². The molecule has 1 aromatic carbocycles. The Bertz CT molecular complexity index is 1270. The lowest BCUT2D eigenvalue weighted by Crippen LogP contribution is -2.42. The molecule has 6 rings (SSSR count). The SMILES string of the molecule is Cc1cccc(C(=O)N2CCC(Nc3nc(NC4CCC(N)CC4)nc4c3ncn4C3CCCC3)CC2)c1. The van der Waals surface area contributed by atoms with E-state index in [-0.39, 0.29) is 11.9 Å². The summed E-state index contributed by atoms with van der Waals surface area (Å²) in [4.78, 5) is 29.7. The van der Waals surface area contributed by atoms with Gasteiger partial charge in [0.1, 0.15) is 0 Å². The van der Waals surface area contributed by atoms with E-state index in [1.54, 1.807) is 0 Å². The molecule has 1 saturated heterocycles. The summed E-state index contributed by atoms with van der Waals surface area (Å²) < 4.78 is 2.26. The van der Waals surface area contributed by atoms with E-state index in [4.69, 9.17) is 20.7 Å². The van der Waals surface area contributed by atoms with Crippen LogP contribution in [0.4, 0.5) is 11.8 Å². The number of hydrogen-bond acceptors (Lipinski definition) is 7. The number of nitrogens with one attached hydrogen (secondary N) is 2. The number of hydrogen-bond donors (Lipinski definition) is 3. The summed E-state index contributed by atoms with van der Waals surface area (Å²) in [6.07, 6.45) is 12.7. The van der Waals surface area contributed by atoms with Gasteiger partial charge in [-0.15, -0.1) is 0 Å². The number of anilines is 2. The lowest BCUT2D eigenvalue weighted by molar-refractivity contribution is 0.0718. The van der Waals surface area contributed by atoms with Gasteiger partial charge in [0, 0.05) is 42.8 Å². The zero-order valence-corrected chi connectivity index (χ0v) is 22.4. The molecule has 1 amide bonds. The summed E-state index contributed by atoms with van der Waals surface area (Å²) in [5.41, 5.74) is 9.76. The van der Waals surface area contributed by atoms with Crippen LogP contribution in [0.25, 0.3) is 11.2 Å². The third-order valence-corrected chi connectivity index (χ3v) is 8.63. The molecule has 202 valence electrons. The van der Waals surface area contributed by atoms with Crippen molar-refractivity contribution in [3.05, 3.63) is 41.7 Å². The third-order valence-electron chi connectivity index (χ3n) is 8.63. The number of nitrogens with zero attached hydrogens (tertiary/aromatic N) is 5. The van der Waals surface area contributed by atoms with E-state index in [1.807, 2.05) is 42.4 Å². The van der Waals surface area contributed by atoms with Crippen LogP contribution >= 0.6 is 0 Å². The van der Waals surface area contributed by atoms with Gasteiger partial charge in [-0.2, -0.15) is 9.97 Å². The first kappa shape index (κ1) is 25.1. The molecule has 1 aliphatic heterocycles. The van der Waals surface area contributed by atoms with Gasteiger partial charge in [-0.05, 0) is 70.4 Å². The second-order valence-electron chi connectivity index (χ2n) is 11.5. The molecule has 3 fully saturated rings. The normalized spacial score (nSPS) is 23.2. The average molecular weight is 517 g/mol. The van der Waals surface area contributed by atoms with Gasteiger partial charge in [0.25, 0.3) is 5.91 Å². The molecule has 2 saturated carbocycles. The van der Waals surface area contributed by atoms with Gasteiger partial charge in [-0.1, -0.05) is 30.5 Å². The van der Waals surface area contributed by atoms with Gasteiger partial charge in [-0.25, -0.2) is 4.98 Å². The van der Waals surface area contributed by atoms with Crippen LogP contribution in [0.15, 0.2) is 30.6 Å². The van der Waals surface area contributed by atoms with Crippen LogP contribution in [0, 0.1) is 6.92 Å². The highest BCUT2D eigenvalue weighted by Gasteiger charge is 2.27. The fourth-order valence-electron chi connectivity index (χ4n) is 6.36. The lowest BCUT2D eigenvalue weighted by atomic mass is 9.92. The molecule has 2 aliphatic carbocycles. The number of aryl methyl sites for hydroxylation is 1. The van der Waals surface area contributed by atoms with Crippen LogP contribution < -0.4 is 16.4 Å². The predicted molar refractivity (Wildman–Crippen MR) is 150 cm³/mol. The highest BCUT2D eigenvalue weighted by Crippen LogP contribution is 2.34. The van der Waals surface area contributed by atoms with Crippen LogP contribution in [0.5, 0.6) is 0 Å². The van der Waals surface area contributed by atoms with Crippen molar-refractivity contribution in [2.75, 3.05) is 23.7 Å². The predicted octanol–water partition coefficient (Wildman–Crippen LogP) is 4.65. The fourth-order valence-corrected chi connectivity index (χ4v) is 6.36. The molecule has 0 bridgehead atoms. The number of nitrogens with two attached hydrogens (primary N) is 1. The molecule has 2 aromatic heterocycles. The van der Waals surface area contributed by atoms with Crippen LogP contribution in [-0.2, 0) is 0 Å². The molecule has 0 spiro atoms. The number of imidazole rings is 1. The topological polar surface area (TPSA) is 114 Å². The maximum atomic E-state index is 13.0. The monoisotopic (exact) mass is 516 g/mol. The van der Waals surface area contributed by atoms with Crippen molar-refractivity contribution in [3.63, 3.8) is 0 Å². The van der Waals surface area contributed by atoms with Crippen LogP contribution in [0.1, 0.15) is 86.2 Å². The van der Waals surface area contributed by atoms with Gasteiger partial charge in [0.2, 0.25) is 5.95 Å². The Morgan fingerprint density at radius 3 is 2.42 bits per heavy atom. The lowest BCUT2D eigenvalue weighted by Gasteiger charge is -2.33. The standard InChI is InChI=1S/C29H40N8O/c1-19-5-4-6-20(17-19)28(38)36-15-13-23(14-16-36)32-26-25-27(37(18-31-25)24-7-2-3-8-24)35-29(34-26)33-22-11-9-21(30)10-12-22/h4-6,17-18,21-24H,2-3,7-16,30H2,1H3,(H2,32,33,34,35). The molecule has 38 heavy (non-hydrogen) atoms. The van der Waals surface area contributed by atoms with Gasteiger partial charge >= 0.3 is 0 Å². The number of aromatic nitrogens is 4. The van der Waals surface area contributed by atoms with Gasteiger partial charge in [0.15, 0.2) is 17.0 Å². The first-order valence-electron chi connectivity index (χ1n) is 14.4. The van der Waals surface area contributed by atoms with Crippen molar-refractivity contribution in [3.8, 4) is 0 Å². The van der Waals surface area contributed by atoms with E-state index >= 15 is 0 Å². The second kappa shape index (κ2) is 10.9. The van der Waals surface area contributed by atoms with Crippen LogP contribution in [-0.4, -0.2) is 61.5 Å². The van der Waals surface area contributed by atoms with Gasteiger partial charge < -0.3 is 25.8 Å². The minimum atomic E-state index is 0.116. The summed E-state index contributed by atoms with van der Waals surface area (Å²) in [6.45, 7) is 3.47. The van der Waals surface area contributed by atoms with E-state index in [0.29, 0.717) is 24.1 Å². The smallest absolute Gasteiger partial charge is 0.253 e. The Morgan fingerprint density at radius 1 is 0.947 bits per heavy atom. The molecular formula is C29H40N8O. The van der Waals surface area contributed by atoms with E-state index in [1.165, 1.54) is 25.7 Å². The quantitative estimate of drug-likeness (QED) is 0.437. The molecule has 0 unspecified atom stereocenters. The summed E-state index contributed by atoms with van der Waals surface area (Å²) in [7, 11) is 0. The zero-order valence-electron chi connectivity index (χ0n) is 22.4. The Balaban J connectivity index is 1.19. The molecule has 0 radical (unpaired) electrons. The van der Waals surface area contributed by atoms with E-state index < -0.39 is 0 Å². The minimum absolute atomic E-state index is 0.116. The van der Waals surface area contributed by atoms with Crippen molar-refractivity contribution < 1.29 is 4.79 Å². The largest absolute Gasteiger partial charge is 0.365 e. The van der Waals surface area contributed by atoms with Gasteiger partial charge in [0.05, 0.1) is 6.33 Å². The third kappa shape index (κ3) is 5.34. The molecule has 0 atom stereocenters. The Kier molecular flexibility index (Phi) is 7.19. The first-order valence-corrected chi connectivity index (χ1v) is 14.4. The zero-order chi connectivity index (χ0) is 26.1. The number of likely N-dealkylation sites (tertiary alicyclic amines) is 1. The van der Waals surface area contributed by atoms with Crippen molar-refractivity contribution in [2.45, 2.75) is 95.3 Å². The van der Waals surface area contributed by atoms with Crippen molar-refractivity contribution in [2.24, 2.45) is 5.73 Å². The van der Waals surface area contributed by atoms with E-state index in [2.05, 4.69) is 15.2 Å². The van der Waals surface area contributed by atoms with E-state index in [9.17, 15) is 4.79 Å². The average Bonchev–Trinajstić information content (AvgIpc) is 3.60. The maximum absolute atomic E-state index is 13.0. The highest BCUT2D eigenvalue weighted by atomic mass is 16.2. The first-order chi connectivity index (χ1) is 18.5. The molecule has 9 heteroatoms.